The van der Waals surface area contributed by atoms with Crippen molar-refractivity contribution in [3.8, 4) is 56.4 Å². The van der Waals surface area contributed by atoms with E-state index in [4.69, 9.17) is 15.0 Å². The van der Waals surface area contributed by atoms with Crippen molar-refractivity contribution in [2.45, 2.75) is 0 Å². The SMILES string of the molecule is c1cc(-c2nc(-c3ccc(-c4ccc5ccccc5c4)cc3)nc(-c3cccc4ccccc34)n2)cc(-c2cccc3sc4ccccc4c23)c1. The number of fused-ring (bicyclic) bond motifs is 5. The molecule has 0 N–H and O–H groups in total. The molecule has 4 heteroatoms. The van der Waals surface area contributed by atoms with Gasteiger partial charge < -0.3 is 0 Å². The van der Waals surface area contributed by atoms with Crippen molar-refractivity contribution in [3.63, 3.8) is 0 Å². The van der Waals surface area contributed by atoms with Crippen LogP contribution in [-0.4, -0.2) is 15.0 Å². The summed E-state index contributed by atoms with van der Waals surface area (Å²) in [7, 11) is 0. The second-order valence-electron chi connectivity index (χ2n) is 12.8. The van der Waals surface area contributed by atoms with Crippen molar-refractivity contribution in [1.29, 1.82) is 0 Å². The standard InChI is InChI=1S/C47H29N3S/c1-2-12-34-28-35(27-24-30(34)10-1)31-22-25-33(26-23-31)45-48-46(50-47(49-45)40-19-8-13-32-11-3-4-16-38(32)40)37-15-7-14-36(29-37)39-18-9-21-43-44(39)41-17-5-6-20-42(41)51-43/h1-29H. The topological polar surface area (TPSA) is 38.7 Å². The fraction of sp³-hybridized carbons (Fsp3) is 0. The van der Waals surface area contributed by atoms with Gasteiger partial charge in [0, 0.05) is 36.9 Å². The predicted molar refractivity (Wildman–Crippen MR) is 215 cm³/mol. The lowest BCUT2D eigenvalue weighted by Crippen LogP contribution is -2.00. The zero-order chi connectivity index (χ0) is 33.7. The van der Waals surface area contributed by atoms with E-state index in [2.05, 4.69) is 176 Å². The molecule has 0 amide bonds. The summed E-state index contributed by atoms with van der Waals surface area (Å²) >= 11 is 1.84. The van der Waals surface area contributed by atoms with Gasteiger partial charge in [-0.25, -0.2) is 15.0 Å². The van der Waals surface area contributed by atoms with Crippen LogP contribution in [0.1, 0.15) is 0 Å². The summed E-state index contributed by atoms with van der Waals surface area (Å²) in [5.74, 6) is 1.94. The lowest BCUT2D eigenvalue weighted by atomic mass is 9.97. The van der Waals surface area contributed by atoms with Crippen LogP contribution in [-0.2, 0) is 0 Å². The summed E-state index contributed by atoms with van der Waals surface area (Å²) in [6.45, 7) is 0. The van der Waals surface area contributed by atoms with Crippen LogP contribution in [0.5, 0.6) is 0 Å². The number of benzene rings is 8. The minimum absolute atomic E-state index is 0.643. The summed E-state index contributed by atoms with van der Waals surface area (Å²) in [6.07, 6.45) is 0. The molecule has 2 heterocycles. The van der Waals surface area contributed by atoms with Crippen LogP contribution >= 0.6 is 11.3 Å². The Morgan fingerprint density at radius 1 is 0.314 bits per heavy atom. The van der Waals surface area contributed by atoms with Crippen molar-refractivity contribution >= 4 is 53.1 Å². The first-order valence-corrected chi connectivity index (χ1v) is 17.9. The maximum absolute atomic E-state index is 5.16. The van der Waals surface area contributed by atoms with E-state index >= 15 is 0 Å². The van der Waals surface area contributed by atoms with Crippen LogP contribution < -0.4 is 0 Å². The van der Waals surface area contributed by atoms with Crippen LogP contribution in [0.25, 0.3) is 98.1 Å². The maximum atomic E-state index is 5.16. The van der Waals surface area contributed by atoms with Gasteiger partial charge >= 0.3 is 0 Å². The molecule has 3 nitrogen and oxygen atoms in total. The number of nitrogens with zero attached hydrogens (tertiary/aromatic N) is 3. The molecule has 51 heavy (non-hydrogen) atoms. The third kappa shape index (κ3) is 5.25. The molecule has 0 saturated heterocycles. The molecule has 8 aromatic carbocycles. The van der Waals surface area contributed by atoms with Crippen molar-refractivity contribution in [1.82, 2.24) is 15.0 Å². The van der Waals surface area contributed by atoms with E-state index in [0.717, 1.165) is 38.6 Å². The van der Waals surface area contributed by atoms with E-state index in [1.54, 1.807) is 0 Å². The Bertz CT molecular complexity index is 2920. The molecule has 0 saturated carbocycles. The Morgan fingerprint density at radius 3 is 1.78 bits per heavy atom. The first kappa shape index (κ1) is 29.4. The molecule has 0 atom stereocenters. The number of aromatic nitrogens is 3. The largest absolute Gasteiger partial charge is 0.208 e. The molecule has 0 bridgehead atoms. The fourth-order valence-electron chi connectivity index (χ4n) is 7.20. The molecular weight excluding hydrogens is 639 g/mol. The van der Waals surface area contributed by atoms with E-state index < -0.39 is 0 Å². The smallest absolute Gasteiger partial charge is 0.164 e. The van der Waals surface area contributed by atoms with Crippen molar-refractivity contribution < 1.29 is 0 Å². The molecular formula is C47H29N3S. The number of thiophene rings is 1. The van der Waals surface area contributed by atoms with E-state index in [1.165, 1.54) is 42.1 Å². The molecule has 0 fully saturated rings. The quantitative estimate of drug-likeness (QED) is 0.183. The lowest BCUT2D eigenvalue weighted by Gasteiger charge is -2.12. The summed E-state index contributed by atoms with van der Waals surface area (Å²) in [4.78, 5) is 15.4. The Kier molecular flexibility index (Phi) is 7.00. The first-order valence-electron chi connectivity index (χ1n) is 17.1. The van der Waals surface area contributed by atoms with Gasteiger partial charge in [0.15, 0.2) is 17.5 Å². The Labute approximate surface area is 299 Å². The third-order valence-corrected chi connectivity index (χ3v) is 10.9. The molecule has 0 aliphatic rings. The molecule has 10 aromatic rings. The number of hydrogen-bond donors (Lipinski definition) is 0. The predicted octanol–water partition coefficient (Wildman–Crippen LogP) is 12.9. The fourth-order valence-corrected chi connectivity index (χ4v) is 8.33. The van der Waals surface area contributed by atoms with E-state index in [0.29, 0.717) is 17.5 Å². The second-order valence-corrected chi connectivity index (χ2v) is 13.9. The normalized spacial score (nSPS) is 11.5. The van der Waals surface area contributed by atoms with Crippen LogP contribution in [0, 0.1) is 0 Å². The van der Waals surface area contributed by atoms with Crippen LogP contribution in [0.4, 0.5) is 0 Å². The Hall–Kier alpha value is -6.49. The molecule has 0 aliphatic carbocycles. The Morgan fingerprint density at radius 2 is 0.902 bits per heavy atom. The van der Waals surface area contributed by atoms with Crippen LogP contribution in [0.3, 0.4) is 0 Å². The minimum atomic E-state index is 0.643. The van der Waals surface area contributed by atoms with Gasteiger partial charge in [0.1, 0.15) is 0 Å². The maximum Gasteiger partial charge on any atom is 0.164 e. The zero-order valence-electron chi connectivity index (χ0n) is 27.5. The molecule has 0 spiro atoms. The van der Waals surface area contributed by atoms with Gasteiger partial charge in [0.05, 0.1) is 0 Å². The Balaban J connectivity index is 1.12. The highest BCUT2D eigenvalue weighted by molar-refractivity contribution is 7.25. The highest BCUT2D eigenvalue weighted by Crippen LogP contribution is 2.41. The molecule has 10 rings (SSSR count). The zero-order valence-corrected chi connectivity index (χ0v) is 28.3. The molecule has 238 valence electrons. The van der Waals surface area contributed by atoms with E-state index in [9.17, 15) is 0 Å². The van der Waals surface area contributed by atoms with Crippen molar-refractivity contribution in [3.05, 3.63) is 176 Å². The monoisotopic (exact) mass is 667 g/mol. The van der Waals surface area contributed by atoms with E-state index in [1.807, 2.05) is 11.3 Å². The van der Waals surface area contributed by atoms with Gasteiger partial charge in [-0.05, 0) is 68.1 Å². The van der Waals surface area contributed by atoms with Gasteiger partial charge in [-0.3, -0.25) is 0 Å². The lowest BCUT2D eigenvalue weighted by molar-refractivity contribution is 1.08. The third-order valence-electron chi connectivity index (χ3n) is 9.73. The van der Waals surface area contributed by atoms with Crippen LogP contribution in [0.15, 0.2) is 176 Å². The first-order chi connectivity index (χ1) is 25.2. The average molecular weight is 668 g/mol. The highest BCUT2D eigenvalue weighted by Gasteiger charge is 2.16. The molecule has 0 aliphatic heterocycles. The van der Waals surface area contributed by atoms with Gasteiger partial charge in [0.2, 0.25) is 0 Å². The average Bonchev–Trinajstić information content (AvgIpc) is 3.59. The van der Waals surface area contributed by atoms with Gasteiger partial charge in [-0.15, -0.1) is 11.3 Å². The molecule has 2 aromatic heterocycles. The minimum Gasteiger partial charge on any atom is -0.208 e. The van der Waals surface area contributed by atoms with Crippen molar-refractivity contribution in [2.24, 2.45) is 0 Å². The van der Waals surface area contributed by atoms with Crippen molar-refractivity contribution in [2.75, 3.05) is 0 Å². The summed E-state index contributed by atoms with van der Waals surface area (Å²) in [6, 6.07) is 62.2. The van der Waals surface area contributed by atoms with Gasteiger partial charge in [-0.2, -0.15) is 0 Å². The number of hydrogen-bond acceptors (Lipinski definition) is 4. The van der Waals surface area contributed by atoms with Gasteiger partial charge in [-0.1, -0.05) is 152 Å². The summed E-state index contributed by atoms with van der Waals surface area (Å²) in [5.41, 5.74) is 7.54. The second kappa shape index (κ2) is 12.1. The van der Waals surface area contributed by atoms with E-state index in [-0.39, 0.29) is 0 Å². The highest BCUT2D eigenvalue weighted by atomic mass is 32.1. The summed E-state index contributed by atoms with van der Waals surface area (Å²) in [5, 5.41) is 7.30. The molecule has 0 unspecified atom stereocenters. The summed E-state index contributed by atoms with van der Waals surface area (Å²) < 4.78 is 2.58. The van der Waals surface area contributed by atoms with Crippen LogP contribution in [0.2, 0.25) is 0 Å². The van der Waals surface area contributed by atoms with Gasteiger partial charge in [0.25, 0.3) is 0 Å². The number of rotatable bonds is 5. The molecule has 0 radical (unpaired) electrons.